The molecule has 0 aliphatic carbocycles. The van der Waals surface area contributed by atoms with Crippen LogP contribution in [0, 0.1) is 5.82 Å². The number of hydrogen-bond acceptors (Lipinski definition) is 3. The highest BCUT2D eigenvalue weighted by molar-refractivity contribution is 5.96. The van der Waals surface area contributed by atoms with Gasteiger partial charge in [0.1, 0.15) is 11.6 Å². The van der Waals surface area contributed by atoms with E-state index in [0.717, 1.165) is 17.7 Å². The van der Waals surface area contributed by atoms with Crippen molar-refractivity contribution in [1.82, 2.24) is 0 Å². The zero-order valence-corrected chi connectivity index (χ0v) is 13.2. The second-order valence-corrected chi connectivity index (χ2v) is 5.55. The fourth-order valence-electron chi connectivity index (χ4n) is 2.66. The van der Waals surface area contributed by atoms with Crippen LogP contribution in [0.4, 0.5) is 15.8 Å². The third kappa shape index (κ3) is 3.53. The van der Waals surface area contributed by atoms with E-state index in [4.69, 9.17) is 4.74 Å². The van der Waals surface area contributed by atoms with E-state index < -0.39 is 0 Å². The Balaban J connectivity index is 1.62. The van der Waals surface area contributed by atoms with E-state index in [1.807, 2.05) is 6.07 Å². The normalized spacial score (nSPS) is 12.7. The molecule has 0 unspecified atom stereocenters. The summed E-state index contributed by atoms with van der Waals surface area (Å²) < 4.78 is 18.1. The molecule has 2 aromatic carbocycles. The van der Waals surface area contributed by atoms with Crippen LogP contribution in [0.1, 0.15) is 12.5 Å². The van der Waals surface area contributed by atoms with Crippen LogP contribution in [0.2, 0.25) is 0 Å². The summed E-state index contributed by atoms with van der Waals surface area (Å²) in [5.41, 5.74) is 2.53. The van der Waals surface area contributed by atoms with Crippen LogP contribution in [0.15, 0.2) is 42.5 Å². The minimum absolute atomic E-state index is 0.0168. The van der Waals surface area contributed by atoms with Gasteiger partial charge in [-0.3, -0.25) is 9.59 Å². The molecule has 1 aliphatic rings. The number of carbonyl (C=O) groups is 2. The summed E-state index contributed by atoms with van der Waals surface area (Å²) in [6.07, 6.45) is 0.816. The van der Waals surface area contributed by atoms with Gasteiger partial charge >= 0.3 is 0 Å². The van der Waals surface area contributed by atoms with E-state index in [9.17, 15) is 14.0 Å². The standard InChI is InChI=1S/C18H17FN2O3/c1-12(22)21-9-8-13-2-5-15(10-17(13)21)20-18(23)11-24-16-6-3-14(19)4-7-16/h2-7,10H,8-9,11H2,1H3,(H,20,23). The van der Waals surface area contributed by atoms with Gasteiger partial charge in [0, 0.05) is 24.8 Å². The van der Waals surface area contributed by atoms with Gasteiger partial charge in [-0.25, -0.2) is 4.39 Å². The molecular formula is C18H17FN2O3. The van der Waals surface area contributed by atoms with Gasteiger partial charge in [0.15, 0.2) is 6.61 Å². The Hall–Kier alpha value is -2.89. The lowest BCUT2D eigenvalue weighted by Gasteiger charge is -2.16. The van der Waals surface area contributed by atoms with Crippen molar-refractivity contribution in [3.05, 3.63) is 53.8 Å². The van der Waals surface area contributed by atoms with Gasteiger partial charge in [-0.1, -0.05) is 6.07 Å². The molecule has 1 heterocycles. The number of fused-ring (bicyclic) bond motifs is 1. The summed E-state index contributed by atoms with van der Waals surface area (Å²) in [6.45, 7) is 2.01. The minimum atomic E-state index is -0.361. The van der Waals surface area contributed by atoms with Crippen molar-refractivity contribution in [2.45, 2.75) is 13.3 Å². The summed E-state index contributed by atoms with van der Waals surface area (Å²) >= 11 is 0. The van der Waals surface area contributed by atoms with E-state index in [1.54, 1.807) is 17.0 Å². The minimum Gasteiger partial charge on any atom is -0.484 e. The predicted molar refractivity (Wildman–Crippen MR) is 88.7 cm³/mol. The second kappa shape index (κ2) is 6.70. The van der Waals surface area contributed by atoms with Gasteiger partial charge < -0.3 is 15.0 Å². The van der Waals surface area contributed by atoms with Crippen molar-refractivity contribution in [2.75, 3.05) is 23.4 Å². The van der Waals surface area contributed by atoms with Crippen LogP contribution in [-0.4, -0.2) is 25.0 Å². The third-order valence-electron chi connectivity index (χ3n) is 3.83. The van der Waals surface area contributed by atoms with Crippen molar-refractivity contribution in [3.63, 3.8) is 0 Å². The van der Waals surface area contributed by atoms with Crippen LogP contribution in [0.25, 0.3) is 0 Å². The number of nitrogens with zero attached hydrogens (tertiary/aromatic N) is 1. The number of hydrogen-bond donors (Lipinski definition) is 1. The first-order chi connectivity index (χ1) is 11.5. The molecule has 6 heteroatoms. The highest BCUT2D eigenvalue weighted by atomic mass is 19.1. The number of nitrogens with one attached hydrogen (secondary N) is 1. The molecule has 5 nitrogen and oxygen atoms in total. The number of ether oxygens (including phenoxy) is 1. The number of benzene rings is 2. The highest BCUT2D eigenvalue weighted by Gasteiger charge is 2.22. The average Bonchev–Trinajstić information content (AvgIpc) is 2.98. The van der Waals surface area contributed by atoms with Gasteiger partial charge in [0.25, 0.3) is 5.91 Å². The molecule has 0 fully saturated rings. The number of carbonyl (C=O) groups excluding carboxylic acids is 2. The predicted octanol–water partition coefficient (Wildman–Crippen LogP) is 2.75. The lowest BCUT2D eigenvalue weighted by atomic mass is 10.1. The molecule has 1 N–H and O–H groups in total. The van der Waals surface area contributed by atoms with Crippen LogP contribution in [-0.2, 0) is 16.0 Å². The van der Waals surface area contributed by atoms with E-state index in [0.29, 0.717) is 18.0 Å². The van der Waals surface area contributed by atoms with Crippen molar-refractivity contribution >= 4 is 23.2 Å². The van der Waals surface area contributed by atoms with Crippen LogP contribution >= 0.6 is 0 Å². The fourth-order valence-corrected chi connectivity index (χ4v) is 2.66. The molecule has 0 radical (unpaired) electrons. The van der Waals surface area contributed by atoms with Crippen molar-refractivity contribution in [3.8, 4) is 5.75 Å². The Bertz CT molecular complexity index is 774. The van der Waals surface area contributed by atoms with Gasteiger partial charge in [0.05, 0.1) is 0 Å². The Morgan fingerprint density at radius 2 is 1.96 bits per heavy atom. The Morgan fingerprint density at radius 3 is 2.67 bits per heavy atom. The molecule has 2 aromatic rings. The lowest BCUT2D eigenvalue weighted by Crippen LogP contribution is -2.26. The Labute approximate surface area is 139 Å². The number of anilines is 2. The number of rotatable bonds is 4. The SMILES string of the molecule is CC(=O)N1CCc2ccc(NC(=O)COc3ccc(F)cc3)cc21. The first-order valence-electron chi connectivity index (χ1n) is 7.62. The van der Waals surface area contributed by atoms with Crippen LogP contribution in [0.3, 0.4) is 0 Å². The van der Waals surface area contributed by atoms with Crippen LogP contribution in [0.5, 0.6) is 5.75 Å². The van der Waals surface area contributed by atoms with Gasteiger partial charge in [-0.2, -0.15) is 0 Å². The van der Waals surface area contributed by atoms with E-state index >= 15 is 0 Å². The first-order valence-corrected chi connectivity index (χ1v) is 7.62. The van der Waals surface area contributed by atoms with E-state index in [2.05, 4.69) is 5.32 Å². The molecule has 0 saturated heterocycles. The highest BCUT2D eigenvalue weighted by Crippen LogP contribution is 2.30. The topological polar surface area (TPSA) is 58.6 Å². The fraction of sp³-hybridized carbons (Fsp3) is 0.222. The molecular weight excluding hydrogens is 311 g/mol. The molecule has 0 bridgehead atoms. The quantitative estimate of drug-likeness (QED) is 0.939. The summed E-state index contributed by atoms with van der Waals surface area (Å²) in [5, 5.41) is 2.74. The number of halogens is 1. The zero-order valence-electron chi connectivity index (χ0n) is 13.2. The Kier molecular flexibility index (Phi) is 4.46. The Morgan fingerprint density at radius 1 is 1.21 bits per heavy atom. The van der Waals surface area contributed by atoms with Gasteiger partial charge in [-0.05, 0) is 48.4 Å². The largest absolute Gasteiger partial charge is 0.484 e. The maximum Gasteiger partial charge on any atom is 0.262 e. The second-order valence-electron chi connectivity index (χ2n) is 5.55. The van der Waals surface area contributed by atoms with Crippen LogP contribution < -0.4 is 15.0 Å². The van der Waals surface area contributed by atoms with E-state index in [1.165, 1.54) is 31.2 Å². The molecule has 2 amide bonds. The molecule has 0 aromatic heterocycles. The summed E-state index contributed by atoms with van der Waals surface area (Å²) in [4.78, 5) is 25.3. The molecule has 3 rings (SSSR count). The molecule has 0 atom stereocenters. The molecule has 124 valence electrons. The molecule has 0 spiro atoms. The average molecular weight is 328 g/mol. The van der Waals surface area contributed by atoms with E-state index in [-0.39, 0.29) is 24.2 Å². The first kappa shape index (κ1) is 16.0. The van der Waals surface area contributed by atoms with Gasteiger partial charge in [-0.15, -0.1) is 0 Å². The smallest absolute Gasteiger partial charge is 0.262 e. The summed E-state index contributed by atoms with van der Waals surface area (Å²) in [6, 6.07) is 11.0. The monoisotopic (exact) mass is 328 g/mol. The van der Waals surface area contributed by atoms with Gasteiger partial charge in [0.2, 0.25) is 5.91 Å². The third-order valence-corrected chi connectivity index (χ3v) is 3.83. The number of amides is 2. The van der Waals surface area contributed by atoms with Crippen molar-refractivity contribution < 1.29 is 18.7 Å². The molecule has 1 aliphatic heterocycles. The zero-order chi connectivity index (χ0) is 17.1. The lowest BCUT2D eigenvalue weighted by molar-refractivity contribution is -0.118. The van der Waals surface area contributed by atoms with Crippen molar-refractivity contribution in [1.29, 1.82) is 0 Å². The maximum atomic E-state index is 12.8. The summed E-state index contributed by atoms with van der Waals surface area (Å²) in [7, 11) is 0. The summed E-state index contributed by atoms with van der Waals surface area (Å²) in [5.74, 6) is -0.285. The maximum absolute atomic E-state index is 12.8. The van der Waals surface area contributed by atoms with Crippen molar-refractivity contribution in [2.24, 2.45) is 0 Å². The molecule has 0 saturated carbocycles. The molecule has 24 heavy (non-hydrogen) atoms.